The van der Waals surface area contributed by atoms with E-state index in [1.807, 2.05) is 6.07 Å². The quantitative estimate of drug-likeness (QED) is 0.0825. The molecule has 11 nitrogen and oxygen atoms in total. The van der Waals surface area contributed by atoms with Gasteiger partial charge in [-0.1, -0.05) is 61.2 Å². The molecule has 0 spiro atoms. The van der Waals surface area contributed by atoms with E-state index < -0.39 is 11.5 Å². The number of halogens is 1. The van der Waals surface area contributed by atoms with Crippen LogP contribution in [-0.2, 0) is 32.7 Å². The van der Waals surface area contributed by atoms with Crippen molar-refractivity contribution in [2.75, 3.05) is 45.7 Å². The van der Waals surface area contributed by atoms with Gasteiger partial charge < -0.3 is 40.2 Å². The van der Waals surface area contributed by atoms with Crippen LogP contribution in [0.1, 0.15) is 86.1 Å². The second-order valence-electron chi connectivity index (χ2n) is 15.2. The first kappa shape index (κ1) is 40.2. The number of H-pyrrole nitrogens is 1. The molecule has 0 unspecified atom stereocenters. The molecule has 55 heavy (non-hydrogen) atoms. The molecule has 0 bridgehead atoms. The lowest BCUT2D eigenvalue weighted by molar-refractivity contribution is -0.154. The number of rotatable bonds is 15. The average molecular weight is 773 g/mol. The van der Waals surface area contributed by atoms with Crippen LogP contribution in [0.3, 0.4) is 0 Å². The van der Waals surface area contributed by atoms with Crippen molar-refractivity contribution in [2.45, 2.75) is 82.3 Å². The summed E-state index contributed by atoms with van der Waals surface area (Å²) in [7, 11) is 3.68. The maximum absolute atomic E-state index is 13.8. The maximum Gasteiger partial charge on any atom is 0.316 e. The normalized spacial score (nSPS) is 16.8. The van der Waals surface area contributed by atoms with Crippen LogP contribution in [0, 0.1) is 5.92 Å². The fraction of sp³-hybridized carbons (Fsp3) is 0.465. The molecule has 0 radical (unpaired) electrons. The highest BCUT2D eigenvalue weighted by molar-refractivity contribution is 6.33. The summed E-state index contributed by atoms with van der Waals surface area (Å²) in [6.45, 7) is 3.07. The number of esters is 1. The number of nitrogens with zero attached hydrogens (tertiary/aromatic N) is 1. The zero-order valence-corrected chi connectivity index (χ0v) is 32.6. The molecule has 2 heterocycles. The fourth-order valence-corrected chi connectivity index (χ4v) is 8.27. The molecule has 3 aromatic carbocycles. The van der Waals surface area contributed by atoms with E-state index >= 15 is 0 Å². The molecule has 5 N–H and O–H groups in total. The van der Waals surface area contributed by atoms with Gasteiger partial charge in [-0.2, -0.15) is 0 Å². The second kappa shape index (κ2) is 18.5. The number of hydrogen-bond acceptors (Lipinski definition) is 9. The molecule has 1 atom stereocenters. The summed E-state index contributed by atoms with van der Waals surface area (Å²) in [6.07, 6.45) is 7.52. The number of nitrogens with one attached hydrogen (secondary N) is 3. The molecule has 1 aromatic heterocycles. The van der Waals surface area contributed by atoms with Gasteiger partial charge in [0.15, 0.2) is 0 Å². The molecule has 1 aliphatic heterocycles. The molecular weight excluding hydrogens is 720 g/mol. The minimum atomic E-state index is -0.930. The number of carbonyl (C=O) groups is 2. The van der Waals surface area contributed by atoms with Crippen LogP contribution >= 0.6 is 11.6 Å². The number of phenols is 1. The Bertz CT molecular complexity index is 2020. The summed E-state index contributed by atoms with van der Waals surface area (Å²) in [4.78, 5) is 43.5. The van der Waals surface area contributed by atoms with Crippen LogP contribution in [0.5, 0.6) is 11.5 Å². The number of aromatic nitrogens is 1. The van der Waals surface area contributed by atoms with Gasteiger partial charge in [-0.15, -0.1) is 0 Å². The number of aliphatic hydroxyl groups is 1. The third-order valence-corrected chi connectivity index (χ3v) is 11.6. The summed E-state index contributed by atoms with van der Waals surface area (Å²) in [5.74, 6) is 0.613. The Morgan fingerprint density at radius 3 is 2.60 bits per heavy atom. The van der Waals surface area contributed by atoms with Gasteiger partial charge in [-0.3, -0.25) is 14.4 Å². The molecule has 294 valence electrons. The number of aryl methyl sites for hydroxylation is 1. The number of ether oxygens (including phenoxy) is 2. The Morgan fingerprint density at radius 2 is 1.84 bits per heavy atom. The van der Waals surface area contributed by atoms with Crippen molar-refractivity contribution in [3.63, 3.8) is 0 Å². The molecule has 6 rings (SSSR count). The lowest BCUT2D eigenvalue weighted by atomic mass is 9.69. The molecule has 4 aromatic rings. The molecule has 2 aliphatic rings. The topological polar surface area (TPSA) is 153 Å². The minimum Gasteiger partial charge on any atom is -0.506 e. The van der Waals surface area contributed by atoms with Crippen molar-refractivity contribution in [3.05, 3.63) is 98.3 Å². The van der Waals surface area contributed by atoms with Crippen LogP contribution in [-0.4, -0.2) is 72.4 Å². The summed E-state index contributed by atoms with van der Waals surface area (Å²) in [6, 6.07) is 17.7. The first-order chi connectivity index (χ1) is 26.6. The number of amides is 1. The van der Waals surface area contributed by atoms with E-state index in [0.717, 1.165) is 74.7 Å². The van der Waals surface area contributed by atoms with Crippen molar-refractivity contribution in [1.82, 2.24) is 15.2 Å². The van der Waals surface area contributed by atoms with E-state index in [1.54, 1.807) is 24.3 Å². The second-order valence-corrected chi connectivity index (χ2v) is 15.6. The first-order valence-electron chi connectivity index (χ1n) is 19.4. The number of piperidine rings is 1. The van der Waals surface area contributed by atoms with Crippen molar-refractivity contribution in [2.24, 2.45) is 5.92 Å². The number of fused-ring (bicyclic) bond motifs is 1. The largest absolute Gasteiger partial charge is 0.506 e. The van der Waals surface area contributed by atoms with Crippen molar-refractivity contribution in [3.8, 4) is 11.5 Å². The summed E-state index contributed by atoms with van der Waals surface area (Å²) in [5.41, 5.74) is 3.15. The monoisotopic (exact) mass is 772 g/mol. The van der Waals surface area contributed by atoms with Gasteiger partial charge >= 0.3 is 5.97 Å². The van der Waals surface area contributed by atoms with Crippen LogP contribution in [0.4, 0.5) is 5.69 Å². The Balaban J connectivity index is 1.01. The van der Waals surface area contributed by atoms with Gasteiger partial charge in [0.1, 0.15) is 11.5 Å². The van der Waals surface area contributed by atoms with Gasteiger partial charge in [0.2, 0.25) is 11.5 Å². The third kappa shape index (κ3) is 9.88. The Morgan fingerprint density at radius 1 is 1.05 bits per heavy atom. The van der Waals surface area contributed by atoms with E-state index in [2.05, 4.69) is 45.8 Å². The molecule has 2 fully saturated rings. The highest BCUT2D eigenvalue weighted by Gasteiger charge is 2.43. The third-order valence-electron chi connectivity index (χ3n) is 11.3. The number of hydrogen-bond donors (Lipinski definition) is 5. The van der Waals surface area contributed by atoms with Crippen molar-refractivity contribution in [1.29, 1.82) is 0 Å². The van der Waals surface area contributed by atoms with Crippen LogP contribution in [0.25, 0.3) is 10.9 Å². The number of likely N-dealkylation sites (tertiary alicyclic amines) is 1. The van der Waals surface area contributed by atoms with Gasteiger partial charge in [0.05, 0.1) is 41.5 Å². The zero-order chi connectivity index (χ0) is 39.0. The SMILES string of the molecule is COc1cc(NC(=O)CCCc2cccc(C3(C(=O)OCC4CCN(C)CC4)CCCCC3)c2)c(Cl)cc1CNC[C@H](O)c1ccc(O)c2[nH]c(=O)ccc12. The highest BCUT2D eigenvalue weighted by atomic mass is 35.5. The van der Waals surface area contributed by atoms with E-state index in [-0.39, 0.29) is 41.7 Å². The highest BCUT2D eigenvalue weighted by Crippen LogP contribution is 2.41. The predicted molar refractivity (Wildman–Crippen MR) is 215 cm³/mol. The molecule has 1 saturated carbocycles. The van der Waals surface area contributed by atoms with E-state index in [0.29, 0.717) is 59.3 Å². The lowest BCUT2D eigenvalue weighted by Gasteiger charge is -2.36. The smallest absolute Gasteiger partial charge is 0.316 e. The molecule has 1 aliphatic carbocycles. The van der Waals surface area contributed by atoms with Crippen molar-refractivity contribution < 1.29 is 29.3 Å². The number of pyridine rings is 1. The zero-order valence-electron chi connectivity index (χ0n) is 31.8. The van der Waals surface area contributed by atoms with E-state index in [1.165, 1.54) is 19.2 Å². The minimum absolute atomic E-state index is 0.0746. The van der Waals surface area contributed by atoms with Crippen LogP contribution in [0.15, 0.2) is 65.5 Å². The van der Waals surface area contributed by atoms with Gasteiger partial charge in [-0.25, -0.2) is 0 Å². The predicted octanol–water partition coefficient (Wildman–Crippen LogP) is 6.77. The van der Waals surface area contributed by atoms with E-state index in [9.17, 15) is 24.6 Å². The number of anilines is 1. The van der Waals surface area contributed by atoms with Gasteiger partial charge in [-0.05, 0) is 99.5 Å². The Kier molecular flexibility index (Phi) is 13.5. The number of phenolic OH excluding ortho intramolecular Hbond substituents is 1. The molecule has 1 amide bonds. The number of aromatic amines is 1. The van der Waals surface area contributed by atoms with E-state index in [4.69, 9.17) is 21.1 Å². The van der Waals surface area contributed by atoms with Crippen LogP contribution in [0.2, 0.25) is 5.02 Å². The molecule has 12 heteroatoms. The first-order valence-corrected chi connectivity index (χ1v) is 19.8. The average Bonchev–Trinajstić information content (AvgIpc) is 3.19. The summed E-state index contributed by atoms with van der Waals surface area (Å²) in [5, 5.41) is 28.1. The molecular formula is C43H53ClN4O7. The summed E-state index contributed by atoms with van der Waals surface area (Å²) >= 11 is 6.62. The molecule has 1 saturated heterocycles. The van der Waals surface area contributed by atoms with Crippen LogP contribution < -0.4 is 20.9 Å². The number of aliphatic hydroxyl groups excluding tert-OH is 1. The van der Waals surface area contributed by atoms with Crippen molar-refractivity contribution >= 4 is 40.1 Å². The number of aromatic hydroxyl groups is 1. The fourth-order valence-electron chi connectivity index (χ4n) is 8.04. The van der Waals surface area contributed by atoms with Gasteiger partial charge in [0.25, 0.3) is 0 Å². The number of methoxy groups -OCH3 is 1. The standard InChI is InChI=1S/C43H53ClN4O7/c1-48-20-16-29(17-21-48)27-55-42(53)43(18-4-3-5-19-43)31-10-6-8-28(22-31)9-7-11-39(51)46-35-24-38(54-2)30(23-34(35)44)25-45-26-37(50)32-12-14-36(49)41-33(32)13-15-40(52)47-41/h6,8,10,12-15,22-24,29,37,45,49-50H,3-5,7,9,11,16-21,25-27H2,1-2H3,(H,46,51)(H,47,52)/t37-/m0/s1. The summed E-state index contributed by atoms with van der Waals surface area (Å²) < 4.78 is 11.7. The van der Waals surface area contributed by atoms with Gasteiger partial charge in [0, 0.05) is 42.6 Å². The Hall–Kier alpha value is -4.42. The number of benzene rings is 3. The maximum atomic E-state index is 13.8. The Labute approximate surface area is 327 Å². The lowest BCUT2D eigenvalue weighted by Crippen LogP contribution is -2.41. The number of carbonyl (C=O) groups excluding carboxylic acids is 2.